The number of fused-ring (bicyclic) bond motifs is 1. The molecule has 142 valence electrons. The molecule has 0 aliphatic carbocycles. The number of rotatable bonds is 3. The van der Waals surface area contributed by atoms with Crippen LogP contribution in [0.4, 0.5) is 5.69 Å². The van der Waals surface area contributed by atoms with Gasteiger partial charge in [0.2, 0.25) is 0 Å². The molecule has 2 aromatic rings. The fourth-order valence-electron chi connectivity index (χ4n) is 4.08. The monoisotopic (exact) mass is 363 g/mol. The summed E-state index contributed by atoms with van der Waals surface area (Å²) < 4.78 is 12.3. The van der Waals surface area contributed by atoms with E-state index in [2.05, 4.69) is 82.0 Å². The predicted molar refractivity (Wildman–Crippen MR) is 113 cm³/mol. The molecule has 0 atom stereocenters. The van der Waals surface area contributed by atoms with Crippen LogP contribution in [0.1, 0.15) is 50.8 Å². The van der Waals surface area contributed by atoms with Gasteiger partial charge in [-0.15, -0.1) is 0 Å². The van der Waals surface area contributed by atoms with Crippen LogP contribution >= 0.6 is 0 Å². The van der Waals surface area contributed by atoms with Crippen LogP contribution in [0, 0.1) is 6.92 Å². The third kappa shape index (κ3) is 3.41. The van der Waals surface area contributed by atoms with E-state index < -0.39 is 0 Å². The number of aryl methyl sites for hydroxylation is 2. The molecular weight excluding hydrogens is 333 g/mol. The first-order chi connectivity index (χ1) is 12.8. The minimum atomic E-state index is -0.300. The van der Waals surface area contributed by atoms with Gasteiger partial charge in [-0.1, -0.05) is 42.5 Å². The minimum absolute atomic E-state index is 0.290. The highest BCUT2D eigenvalue weighted by atomic mass is 16.7. The fourth-order valence-corrected chi connectivity index (χ4v) is 4.08. The maximum absolute atomic E-state index is 6.17. The minimum Gasteiger partial charge on any atom is -0.399 e. The first kappa shape index (κ1) is 18.6. The van der Waals surface area contributed by atoms with Gasteiger partial charge in [0.1, 0.15) is 0 Å². The summed E-state index contributed by atoms with van der Waals surface area (Å²) in [5, 5.41) is 0. The van der Waals surface area contributed by atoms with Gasteiger partial charge in [-0.2, -0.15) is 0 Å². The van der Waals surface area contributed by atoms with Crippen molar-refractivity contribution < 1.29 is 9.31 Å². The van der Waals surface area contributed by atoms with Crippen LogP contribution in [-0.2, 0) is 22.3 Å². The molecule has 4 heteroatoms. The summed E-state index contributed by atoms with van der Waals surface area (Å²) in [5.74, 6) is 0. The fraction of sp³-hybridized carbons (Fsp3) is 0.478. The maximum atomic E-state index is 6.17. The maximum Gasteiger partial charge on any atom is 0.494 e. The third-order valence-corrected chi connectivity index (χ3v) is 6.39. The molecule has 27 heavy (non-hydrogen) atoms. The summed E-state index contributed by atoms with van der Waals surface area (Å²) in [4.78, 5) is 2.53. The number of nitrogens with zero attached hydrogens (tertiary/aromatic N) is 1. The molecule has 0 N–H and O–H groups in total. The highest BCUT2D eigenvalue weighted by Gasteiger charge is 2.51. The lowest BCUT2D eigenvalue weighted by atomic mass is 9.79. The van der Waals surface area contributed by atoms with Gasteiger partial charge >= 0.3 is 7.12 Å². The second kappa shape index (κ2) is 6.68. The van der Waals surface area contributed by atoms with E-state index in [1.165, 1.54) is 35.2 Å². The third-order valence-electron chi connectivity index (χ3n) is 6.39. The number of hydrogen-bond donors (Lipinski definition) is 0. The SMILES string of the molecule is Cc1cccc2c1N(Cc1ccc(B3OC(C)(C)C(C)(C)O3)cc1)CCC2. The van der Waals surface area contributed by atoms with Crippen molar-refractivity contribution in [2.24, 2.45) is 0 Å². The van der Waals surface area contributed by atoms with Gasteiger partial charge in [0.25, 0.3) is 0 Å². The second-order valence-corrected chi connectivity index (χ2v) is 8.94. The number of hydrogen-bond acceptors (Lipinski definition) is 3. The van der Waals surface area contributed by atoms with E-state index in [-0.39, 0.29) is 18.3 Å². The average molecular weight is 363 g/mol. The molecule has 2 aliphatic heterocycles. The summed E-state index contributed by atoms with van der Waals surface area (Å²) in [7, 11) is -0.290. The zero-order valence-corrected chi connectivity index (χ0v) is 17.2. The Morgan fingerprint density at radius 3 is 2.30 bits per heavy atom. The smallest absolute Gasteiger partial charge is 0.399 e. The first-order valence-corrected chi connectivity index (χ1v) is 10.0. The van der Waals surface area contributed by atoms with E-state index >= 15 is 0 Å². The van der Waals surface area contributed by atoms with Crippen molar-refractivity contribution in [2.45, 2.75) is 65.2 Å². The Bertz CT molecular complexity index is 813. The number of para-hydroxylation sites is 1. The molecule has 0 unspecified atom stereocenters. The zero-order chi connectivity index (χ0) is 19.2. The van der Waals surface area contributed by atoms with E-state index in [9.17, 15) is 0 Å². The quantitative estimate of drug-likeness (QED) is 0.761. The van der Waals surface area contributed by atoms with Crippen molar-refractivity contribution in [1.29, 1.82) is 0 Å². The molecule has 1 saturated heterocycles. The van der Waals surface area contributed by atoms with Crippen LogP contribution in [0.25, 0.3) is 0 Å². The van der Waals surface area contributed by atoms with Gasteiger partial charge in [-0.05, 0) is 69.6 Å². The molecular formula is C23H30BNO2. The van der Waals surface area contributed by atoms with E-state index in [1.807, 2.05) is 0 Å². The van der Waals surface area contributed by atoms with Gasteiger partial charge in [-0.25, -0.2) is 0 Å². The Hall–Kier alpha value is -1.78. The molecule has 0 spiro atoms. The van der Waals surface area contributed by atoms with Gasteiger partial charge in [0.05, 0.1) is 11.2 Å². The summed E-state index contributed by atoms with van der Waals surface area (Å²) >= 11 is 0. The van der Waals surface area contributed by atoms with E-state index in [4.69, 9.17) is 9.31 Å². The molecule has 1 fully saturated rings. The largest absolute Gasteiger partial charge is 0.494 e. The first-order valence-electron chi connectivity index (χ1n) is 10.0. The Morgan fingerprint density at radius 2 is 1.63 bits per heavy atom. The van der Waals surface area contributed by atoms with E-state index in [1.54, 1.807) is 0 Å². The molecule has 0 radical (unpaired) electrons. The molecule has 4 rings (SSSR count). The Labute approximate surface area is 163 Å². The highest BCUT2D eigenvalue weighted by molar-refractivity contribution is 6.62. The van der Waals surface area contributed by atoms with Crippen molar-refractivity contribution in [3.63, 3.8) is 0 Å². The van der Waals surface area contributed by atoms with Gasteiger partial charge in [0.15, 0.2) is 0 Å². The van der Waals surface area contributed by atoms with Crippen molar-refractivity contribution in [2.75, 3.05) is 11.4 Å². The van der Waals surface area contributed by atoms with E-state index in [0.717, 1.165) is 18.6 Å². The lowest BCUT2D eigenvalue weighted by Crippen LogP contribution is -2.41. The van der Waals surface area contributed by atoms with E-state index in [0.29, 0.717) is 0 Å². The standard InChI is InChI=1S/C23H30BNO2/c1-17-8-6-9-19-10-7-15-25(21(17)19)16-18-11-13-20(14-12-18)24-26-22(2,3)23(4,5)27-24/h6,8-9,11-14H,7,10,15-16H2,1-5H3. The van der Waals surface area contributed by atoms with Crippen molar-refractivity contribution >= 4 is 18.3 Å². The van der Waals surface area contributed by atoms with Gasteiger partial charge in [0, 0.05) is 18.8 Å². The molecule has 0 saturated carbocycles. The molecule has 0 amide bonds. The summed E-state index contributed by atoms with van der Waals surface area (Å²) in [6.07, 6.45) is 2.41. The van der Waals surface area contributed by atoms with Gasteiger partial charge in [-0.3, -0.25) is 0 Å². The van der Waals surface area contributed by atoms with Crippen LogP contribution in [0.5, 0.6) is 0 Å². The lowest BCUT2D eigenvalue weighted by Gasteiger charge is -2.33. The summed E-state index contributed by atoms with van der Waals surface area (Å²) in [6.45, 7) is 12.7. The molecule has 2 heterocycles. The summed E-state index contributed by atoms with van der Waals surface area (Å²) in [5.41, 5.74) is 6.10. The summed E-state index contributed by atoms with van der Waals surface area (Å²) in [6, 6.07) is 15.4. The molecule has 3 nitrogen and oxygen atoms in total. The highest BCUT2D eigenvalue weighted by Crippen LogP contribution is 2.36. The van der Waals surface area contributed by atoms with Crippen LogP contribution in [0.3, 0.4) is 0 Å². The van der Waals surface area contributed by atoms with Crippen molar-refractivity contribution in [3.8, 4) is 0 Å². The molecule has 2 aromatic carbocycles. The lowest BCUT2D eigenvalue weighted by molar-refractivity contribution is 0.00578. The van der Waals surface area contributed by atoms with Crippen LogP contribution in [-0.4, -0.2) is 24.9 Å². The molecule has 0 bridgehead atoms. The Balaban J connectivity index is 1.50. The number of anilines is 1. The topological polar surface area (TPSA) is 21.7 Å². The average Bonchev–Trinajstić information content (AvgIpc) is 2.83. The Morgan fingerprint density at radius 1 is 0.963 bits per heavy atom. The van der Waals surface area contributed by atoms with Crippen LogP contribution < -0.4 is 10.4 Å². The van der Waals surface area contributed by atoms with Gasteiger partial charge < -0.3 is 14.2 Å². The zero-order valence-electron chi connectivity index (χ0n) is 17.2. The van der Waals surface area contributed by atoms with Crippen molar-refractivity contribution in [1.82, 2.24) is 0 Å². The molecule has 0 aromatic heterocycles. The number of benzene rings is 2. The van der Waals surface area contributed by atoms with Crippen LogP contribution in [0.15, 0.2) is 42.5 Å². The second-order valence-electron chi connectivity index (χ2n) is 8.94. The Kier molecular flexibility index (Phi) is 4.60. The normalized spacial score (nSPS) is 20.6. The van der Waals surface area contributed by atoms with Crippen molar-refractivity contribution in [3.05, 3.63) is 59.2 Å². The predicted octanol–water partition coefficient (Wildman–Crippen LogP) is 4.25. The molecule has 2 aliphatic rings. The van der Waals surface area contributed by atoms with Crippen LogP contribution in [0.2, 0.25) is 0 Å².